The van der Waals surface area contributed by atoms with Gasteiger partial charge >= 0.3 is 87.8 Å². The number of aryl methyl sites for hydroxylation is 1. The summed E-state index contributed by atoms with van der Waals surface area (Å²) in [6, 6.07) is 16.5. The molecule has 3 nitrogen and oxygen atoms in total. The van der Waals surface area contributed by atoms with Crippen molar-refractivity contribution < 1.29 is 23.7 Å². The first kappa shape index (κ1) is 16.6. The van der Waals surface area contributed by atoms with E-state index in [9.17, 15) is 4.39 Å². The molecule has 0 atom stereocenters. The third kappa shape index (κ3) is 4.36. The van der Waals surface area contributed by atoms with Crippen molar-refractivity contribution in [1.82, 2.24) is 9.13 Å². The number of hydrogen-bond donors (Lipinski definition) is 1. The summed E-state index contributed by atoms with van der Waals surface area (Å²) in [6.07, 6.45) is 4.12. The van der Waals surface area contributed by atoms with Gasteiger partial charge in [0.05, 0.1) is 0 Å². The zero-order chi connectivity index (χ0) is 15.9. The predicted octanol–water partition coefficient (Wildman–Crippen LogP) is 3.18. The molecule has 3 aromatic rings. The summed E-state index contributed by atoms with van der Waals surface area (Å²) < 4.78 is 17.6. The fourth-order valence-corrected chi connectivity index (χ4v) is 2.48. The summed E-state index contributed by atoms with van der Waals surface area (Å²) in [5.74, 6) is -0.216. The zero-order valence-corrected chi connectivity index (χ0v) is 14.5. The van der Waals surface area contributed by atoms with Crippen molar-refractivity contribution in [2.45, 2.75) is 6.54 Å². The molecule has 0 saturated heterocycles. The fourth-order valence-electron chi connectivity index (χ4n) is 1.84. The Bertz CT molecular complexity index is 761. The van der Waals surface area contributed by atoms with E-state index in [1.54, 1.807) is 12.1 Å². The van der Waals surface area contributed by atoms with Gasteiger partial charge in [-0.05, 0) is 17.7 Å². The van der Waals surface area contributed by atoms with Crippen LogP contribution in [-0.4, -0.2) is 9.13 Å². The minimum atomic E-state index is -0.216. The molecule has 0 saturated carbocycles. The van der Waals surface area contributed by atoms with Gasteiger partial charge in [0.1, 0.15) is 5.82 Å². The van der Waals surface area contributed by atoms with Gasteiger partial charge in [-0.3, -0.25) is 0 Å². The van der Waals surface area contributed by atoms with E-state index < -0.39 is 0 Å². The van der Waals surface area contributed by atoms with Crippen LogP contribution in [0.2, 0.25) is 0 Å². The minimum absolute atomic E-state index is 0.216. The molecule has 1 heterocycles. The average Bonchev–Trinajstić information content (AvgIpc) is 2.89. The quantitative estimate of drug-likeness (QED) is 0.604. The van der Waals surface area contributed by atoms with Gasteiger partial charge in [-0.2, -0.15) is 0 Å². The third-order valence-electron chi connectivity index (χ3n) is 3.08. The average molecular weight is 478 g/mol. The Kier molecular flexibility index (Phi) is 6.05. The zero-order valence-electron chi connectivity index (χ0n) is 12.2. The third-order valence-corrected chi connectivity index (χ3v) is 4.42. The van der Waals surface area contributed by atoms with E-state index in [4.69, 9.17) is 5.73 Å². The Hall–Kier alpha value is -1.77. The van der Waals surface area contributed by atoms with Crippen molar-refractivity contribution in [3.63, 3.8) is 0 Å². The second-order valence-electron chi connectivity index (χ2n) is 4.69. The van der Waals surface area contributed by atoms with Crippen LogP contribution in [0.1, 0.15) is 5.56 Å². The van der Waals surface area contributed by atoms with Gasteiger partial charge in [-0.25, -0.2) is 4.39 Å². The molecule has 0 unspecified atom stereocenters. The van der Waals surface area contributed by atoms with Crippen LogP contribution in [0.15, 0.2) is 67.0 Å². The van der Waals surface area contributed by atoms with Crippen molar-refractivity contribution in [1.29, 1.82) is 0 Å². The topological polar surface area (TPSA) is 35.9 Å². The SMILES string of the molecule is Cn1ccn(-c2ccccc2)[c]1=[Pt].NCc1ccc(F)cc1. The first-order valence-electron chi connectivity index (χ1n) is 6.81. The molecule has 1 aromatic heterocycles. The maximum Gasteiger partial charge on any atom is 0.123 e. The molecule has 2 N–H and O–H groups in total. The molecular weight excluding hydrogens is 460 g/mol. The molecule has 2 aromatic carbocycles. The predicted molar refractivity (Wildman–Crippen MR) is 82.3 cm³/mol. The number of nitrogens with two attached hydrogens (primary N) is 1. The number of imidazole rings is 1. The Labute approximate surface area is 140 Å². The van der Waals surface area contributed by atoms with Gasteiger partial charge in [0.2, 0.25) is 0 Å². The smallest absolute Gasteiger partial charge is 0.123 e. The van der Waals surface area contributed by atoms with Gasteiger partial charge in [0, 0.05) is 6.54 Å². The number of aromatic nitrogens is 2. The summed E-state index contributed by atoms with van der Waals surface area (Å²) in [4.78, 5) is 0. The van der Waals surface area contributed by atoms with Gasteiger partial charge in [-0.15, -0.1) is 0 Å². The van der Waals surface area contributed by atoms with Crippen molar-refractivity contribution in [2.24, 2.45) is 12.8 Å². The van der Waals surface area contributed by atoms with E-state index in [0.717, 1.165) is 5.56 Å². The van der Waals surface area contributed by atoms with Gasteiger partial charge < -0.3 is 5.73 Å². The monoisotopic (exact) mass is 478 g/mol. The largest absolute Gasteiger partial charge is 0.326 e. The number of benzene rings is 2. The van der Waals surface area contributed by atoms with Gasteiger partial charge in [-0.1, -0.05) is 12.1 Å². The van der Waals surface area contributed by atoms with E-state index >= 15 is 0 Å². The van der Waals surface area contributed by atoms with E-state index in [2.05, 4.69) is 53.0 Å². The van der Waals surface area contributed by atoms with Crippen LogP contribution >= 0.6 is 0 Å². The van der Waals surface area contributed by atoms with Crippen molar-refractivity contribution in [3.05, 3.63) is 82.2 Å². The minimum Gasteiger partial charge on any atom is -0.326 e. The van der Waals surface area contributed by atoms with Gasteiger partial charge in [0.25, 0.3) is 0 Å². The Morgan fingerprint density at radius 2 is 1.64 bits per heavy atom. The standard InChI is InChI=1S/C10H10N2.C7H8FN.Pt/c1-11-7-8-12(9-11)10-5-3-2-4-6-10;8-7-3-1-6(5-9)2-4-7;/h2-8H,1H3;1-4H,5,9H2;. The van der Waals surface area contributed by atoms with Gasteiger partial charge in [0.15, 0.2) is 0 Å². The van der Waals surface area contributed by atoms with E-state index in [1.807, 2.05) is 25.2 Å². The number of nitrogens with zero attached hydrogens (tertiary/aromatic N) is 2. The summed E-state index contributed by atoms with van der Waals surface area (Å²) in [6.45, 7) is 0.472. The molecule has 0 fully saturated rings. The maximum atomic E-state index is 12.2. The first-order valence-corrected chi connectivity index (χ1v) is 7.94. The van der Waals surface area contributed by atoms with E-state index in [-0.39, 0.29) is 5.82 Å². The van der Waals surface area contributed by atoms with Crippen LogP contribution in [0, 0.1) is 9.62 Å². The van der Waals surface area contributed by atoms with Crippen LogP contribution in [-0.2, 0) is 32.9 Å². The Morgan fingerprint density at radius 3 is 2.14 bits per heavy atom. The maximum absolute atomic E-state index is 12.2. The molecule has 0 spiro atoms. The molecule has 0 bridgehead atoms. The molecule has 0 radical (unpaired) electrons. The number of rotatable bonds is 2. The van der Waals surface area contributed by atoms with Crippen LogP contribution in [0.5, 0.6) is 0 Å². The molecule has 3 rings (SSSR count). The molecule has 0 aliphatic carbocycles. The van der Waals surface area contributed by atoms with E-state index in [1.165, 1.54) is 21.6 Å². The molecule has 0 aliphatic rings. The van der Waals surface area contributed by atoms with Crippen LogP contribution in [0.25, 0.3) is 5.69 Å². The second-order valence-corrected chi connectivity index (χ2v) is 5.70. The van der Waals surface area contributed by atoms with Crippen LogP contribution < -0.4 is 5.73 Å². The summed E-state index contributed by atoms with van der Waals surface area (Å²) >= 11 is 2.31. The summed E-state index contributed by atoms with van der Waals surface area (Å²) in [5, 5.41) is 0. The molecule has 118 valence electrons. The first-order chi connectivity index (χ1) is 10.6. The van der Waals surface area contributed by atoms with E-state index in [0.29, 0.717) is 6.54 Å². The Morgan fingerprint density at radius 1 is 1.00 bits per heavy atom. The second kappa shape index (κ2) is 8.02. The van der Waals surface area contributed by atoms with Crippen LogP contribution in [0.4, 0.5) is 4.39 Å². The molecule has 5 heteroatoms. The van der Waals surface area contributed by atoms with Crippen molar-refractivity contribution in [2.75, 3.05) is 0 Å². The molecule has 22 heavy (non-hydrogen) atoms. The van der Waals surface area contributed by atoms with Crippen molar-refractivity contribution in [3.8, 4) is 5.69 Å². The number of halogens is 1. The normalized spacial score (nSPS) is 10.0. The number of hydrogen-bond acceptors (Lipinski definition) is 1. The summed E-state index contributed by atoms with van der Waals surface area (Å²) in [7, 11) is 2.04. The summed E-state index contributed by atoms with van der Waals surface area (Å²) in [5.41, 5.74) is 7.43. The van der Waals surface area contributed by atoms with Crippen LogP contribution in [0.3, 0.4) is 0 Å². The fraction of sp³-hybridized carbons (Fsp3) is 0.118. The van der Waals surface area contributed by atoms with Crippen molar-refractivity contribution >= 4 is 0 Å². The molecule has 0 aliphatic heterocycles. The number of para-hydroxylation sites is 1. The molecular formula is C17H18FN3Pt. The molecule has 0 amide bonds. The Balaban J connectivity index is 0.000000172.